The van der Waals surface area contributed by atoms with Gasteiger partial charge in [0.25, 0.3) is 0 Å². The molecule has 0 saturated heterocycles. The molecule has 1 unspecified atom stereocenters. The first-order valence-electron chi connectivity index (χ1n) is 4.88. The topological polar surface area (TPSA) is 81.4 Å². The number of hydrogen-bond donors (Lipinski definition) is 2. The quantitative estimate of drug-likeness (QED) is 0.827. The summed E-state index contributed by atoms with van der Waals surface area (Å²) in [5.74, 6) is -0.323. The van der Waals surface area contributed by atoms with Gasteiger partial charge >= 0.3 is 0 Å². The largest absolute Gasteiger partial charge is 0.495 e. The molecule has 3 N–H and O–H groups in total. The number of methoxy groups -OCH3 is 1. The highest BCUT2D eigenvalue weighted by Crippen LogP contribution is 2.25. The first kappa shape index (κ1) is 13.5. The maximum Gasteiger partial charge on any atom is 0.248 e. The minimum atomic E-state index is -0.560. The van der Waals surface area contributed by atoms with Crippen molar-refractivity contribution in [1.82, 2.24) is 0 Å². The average molecular weight is 301 g/mol. The Morgan fingerprint density at radius 3 is 2.59 bits per heavy atom. The van der Waals surface area contributed by atoms with Crippen molar-refractivity contribution in [3.63, 3.8) is 0 Å². The molecule has 0 spiro atoms. The summed E-state index contributed by atoms with van der Waals surface area (Å²) in [6, 6.07) is 4.59. The van der Waals surface area contributed by atoms with E-state index in [1.807, 2.05) is 0 Å². The van der Waals surface area contributed by atoms with Crippen LogP contribution in [0.25, 0.3) is 0 Å². The van der Waals surface area contributed by atoms with Crippen molar-refractivity contribution >= 4 is 33.4 Å². The van der Waals surface area contributed by atoms with Crippen LogP contribution in [-0.4, -0.2) is 23.8 Å². The third kappa shape index (κ3) is 3.45. The Kier molecular flexibility index (Phi) is 4.51. The normalized spacial score (nSPS) is 11.7. The molecule has 0 aliphatic carbocycles. The SMILES string of the molecule is COc1ccc(C(N)=O)cc1NC(=O)C(C)Br. The summed E-state index contributed by atoms with van der Waals surface area (Å²) in [7, 11) is 1.48. The number of amides is 2. The second-order valence-corrected chi connectivity index (χ2v) is 4.76. The van der Waals surface area contributed by atoms with E-state index in [0.717, 1.165) is 0 Å². The standard InChI is InChI=1S/C11H13BrN2O3/c1-6(12)11(16)14-8-5-7(10(13)15)3-4-9(8)17-2/h3-6H,1-2H3,(H2,13,15)(H,14,16). The van der Waals surface area contributed by atoms with Gasteiger partial charge in [-0.25, -0.2) is 0 Å². The fourth-order valence-electron chi connectivity index (χ4n) is 1.19. The molecular weight excluding hydrogens is 288 g/mol. The minimum absolute atomic E-state index is 0.232. The fraction of sp³-hybridized carbons (Fsp3) is 0.273. The molecule has 0 fully saturated rings. The zero-order valence-corrected chi connectivity index (χ0v) is 11.1. The predicted molar refractivity (Wildman–Crippen MR) is 68.5 cm³/mol. The molecule has 0 heterocycles. The van der Waals surface area contributed by atoms with Crippen LogP contribution >= 0.6 is 15.9 Å². The van der Waals surface area contributed by atoms with E-state index >= 15 is 0 Å². The number of rotatable bonds is 4. The smallest absolute Gasteiger partial charge is 0.248 e. The Morgan fingerprint density at radius 2 is 2.12 bits per heavy atom. The van der Waals surface area contributed by atoms with Gasteiger partial charge in [-0.05, 0) is 25.1 Å². The molecule has 5 nitrogen and oxygen atoms in total. The van der Waals surface area contributed by atoms with Gasteiger partial charge in [0.15, 0.2) is 0 Å². The number of carbonyl (C=O) groups excluding carboxylic acids is 2. The van der Waals surface area contributed by atoms with E-state index in [-0.39, 0.29) is 10.7 Å². The van der Waals surface area contributed by atoms with Gasteiger partial charge in [-0.3, -0.25) is 9.59 Å². The lowest BCUT2D eigenvalue weighted by Gasteiger charge is -2.12. The molecule has 6 heteroatoms. The summed E-state index contributed by atoms with van der Waals surface area (Å²) in [5.41, 5.74) is 5.89. The summed E-state index contributed by atoms with van der Waals surface area (Å²) < 4.78 is 5.08. The molecule has 0 aromatic heterocycles. The Labute approximate surface area is 107 Å². The van der Waals surface area contributed by atoms with Crippen molar-refractivity contribution < 1.29 is 14.3 Å². The summed E-state index contributed by atoms with van der Waals surface area (Å²) in [5, 5.41) is 2.64. The fourth-order valence-corrected chi connectivity index (χ4v) is 1.31. The van der Waals surface area contributed by atoms with Crippen LogP contribution in [0, 0.1) is 0 Å². The minimum Gasteiger partial charge on any atom is -0.495 e. The average Bonchev–Trinajstić information content (AvgIpc) is 2.28. The maximum atomic E-state index is 11.5. The monoisotopic (exact) mass is 300 g/mol. The van der Waals surface area contributed by atoms with Crippen molar-refractivity contribution in [2.45, 2.75) is 11.8 Å². The molecule has 17 heavy (non-hydrogen) atoms. The zero-order valence-electron chi connectivity index (χ0n) is 9.49. The van der Waals surface area contributed by atoms with Crippen LogP contribution < -0.4 is 15.8 Å². The first-order chi connectivity index (χ1) is 7.95. The molecule has 1 aromatic rings. The molecule has 0 saturated carbocycles. The highest BCUT2D eigenvalue weighted by molar-refractivity contribution is 9.10. The van der Waals surface area contributed by atoms with Crippen LogP contribution in [0.5, 0.6) is 5.75 Å². The number of alkyl halides is 1. The van der Waals surface area contributed by atoms with Crippen molar-refractivity contribution in [2.75, 3.05) is 12.4 Å². The number of anilines is 1. The number of ether oxygens (including phenoxy) is 1. The molecular formula is C11H13BrN2O3. The summed E-state index contributed by atoms with van der Waals surface area (Å²) >= 11 is 3.15. The molecule has 1 atom stereocenters. The van der Waals surface area contributed by atoms with Crippen LogP contribution in [-0.2, 0) is 4.79 Å². The molecule has 0 aliphatic heterocycles. The lowest BCUT2D eigenvalue weighted by atomic mass is 10.1. The number of carbonyl (C=O) groups is 2. The molecule has 0 aliphatic rings. The number of halogens is 1. The highest BCUT2D eigenvalue weighted by Gasteiger charge is 2.13. The first-order valence-corrected chi connectivity index (χ1v) is 5.80. The van der Waals surface area contributed by atoms with Gasteiger partial charge in [0.1, 0.15) is 5.75 Å². The van der Waals surface area contributed by atoms with Crippen molar-refractivity contribution in [3.8, 4) is 5.75 Å². The van der Waals surface area contributed by atoms with Gasteiger partial charge < -0.3 is 15.8 Å². The number of benzene rings is 1. The number of nitrogens with two attached hydrogens (primary N) is 1. The summed E-state index contributed by atoms with van der Waals surface area (Å²) in [6.45, 7) is 1.69. The Bertz CT molecular complexity index is 446. The number of primary amides is 1. The van der Waals surface area contributed by atoms with Crippen molar-refractivity contribution in [3.05, 3.63) is 23.8 Å². The van der Waals surface area contributed by atoms with E-state index < -0.39 is 5.91 Å². The van der Waals surface area contributed by atoms with Gasteiger partial charge in [-0.2, -0.15) is 0 Å². The van der Waals surface area contributed by atoms with Gasteiger partial charge in [0.05, 0.1) is 17.6 Å². The van der Waals surface area contributed by atoms with E-state index in [0.29, 0.717) is 17.0 Å². The molecule has 1 rings (SSSR count). The molecule has 0 bridgehead atoms. The van der Waals surface area contributed by atoms with Crippen LogP contribution in [0.2, 0.25) is 0 Å². The van der Waals surface area contributed by atoms with Gasteiger partial charge in [0, 0.05) is 5.56 Å². The van der Waals surface area contributed by atoms with Crippen molar-refractivity contribution in [2.24, 2.45) is 5.73 Å². The molecule has 1 aromatic carbocycles. The third-order valence-corrected chi connectivity index (χ3v) is 2.52. The summed E-state index contributed by atoms with van der Waals surface area (Å²) in [4.78, 5) is 22.2. The second-order valence-electron chi connectivity index (χ2n) is 3.38. The zero-order chi connectivity index (χ0) is 13.0. The predicted octanol–water partition coefficient (Wildman–Crippen LogP) is 1.52. The second kappa shape index (κ2) is 5.67. The Balaban J connectivity index is 3.06. The van der Waals surface area contributed by atoms with Gasteiger partial charge in [-0.1, -0.05) is 15.9 Å². The number of nitrogens with one attached hydrogen (secondary N) is 1. The van der Waals surface area contributed by atoms with Crippen LogP contribution in [0.15, 0.2) is 18.2 Å². The van der Waals surface area contributed by atoms with Crippen molar-refractivity contribution in [1.29, 1.82) is 0 Å². The van der Waals surface area contributed by atoms with E-state index in [4.69, 9.17) is 10.5 Å². The van der Waals surface area contributed by atoms with E-state index in [2.05, 4.69) is 21.2 Å². The third-order valence-electron chi connectivity index (χ3n) is 2.10. The molecule has 0 radical (unpaired) electrons. The lowest BCUT2D eigenvalue weighted by Crippen LogP contribution is -2.21. The van der Waals surface area contributed by atoms with Crippen LogP contribution in [0.4, 0.5) is 5.69 Å². The summed E-state index contributed by atoms with van der Waals surface area (Å²) in [6.07, 6.45) is 0. The van der Waals surface area contributed by atoms with E-state index in [9.17, 15) is 9.59 Å². The Morgan fingerprint density at radius 1 is 1.47 bits per heavy atom. The highest BCUT2D eigenvalue weighted by atomic mass is 79.9. The number of hydrogen-bond acceptors (Lipinski definition) is 3. The Hall–Kier alpha value is -1.56. The van der Waals surface area contributed by atoms with Gasteiger partial charge in [0.2, 0.25) is 11.8 Å². The van der Waals surface area contributed by atoms with Gasteiger partial charge in [-0.15, -0.1) is 0 Å². The molecule has 2 amide bonds. The van der Waals surface area contributed by atoms with E-state index in [1.54, 1.807) is 13.0 Å². The molecule has 92 valence electrons. The van der Waals surface area contributed by atoms with Crippen LogP contribution in [0.1, 0.15) is 17.3 Å². The van der Waals surface area contributed by atoms with Crippen LogP contribution in [0.3, 0.4) is 0 Å². The van der Waals surface area contributed by atoms with E-state index in [1.165, 1.54) is 19.2 Å². The maximum absolute atomic E-state index is 11.5. The lowest BCUT2D eigenvalue weighted by molar-refractivity contribution is -0.115.